The number of carbonyl (C=O) groups excluding carboxylic acids is 1. The van der Waals surface area contributed by atoms with Crippen LogP contribution in [-0.4, -0.2) is 19.9 Å². The van der Waals surface area contributed by atoms with Gasteiger partial charge in [0.1, 0.15) is 11.5 Å². The zero-order valence-electron chi connectivity index (χ0n) is 15.8. The highest BCUT2D eigenvalue weighted by atomic mass is 35.5. The van der Waals surface area contributed by atoms with Crippen LogP contribution in [0.3, 0.4) is 0 Å². The largest absolute Gasteiger partial charge is 0.495 e. The third-order valence-corrected chi connectivity index (χ3v) is 4.05. The Kier molecular flexibility index (Phi) is 6.37. The lowest BCUT2D eigenvalue weighted by molar-refractivity contribution is 0.233. The van der Waals surface area contributed by atoms with Crippen molar-refractivity contribution in [2.45, 2.75) is 33.1 Å². The van der Waals surface area contributed by atoms with Crippen LogP contribution in [0, 0.1) is 6.92 Å². The highest BCUT2D eigenvalue weighted by Crippen LogP contribution is 2.32. The normalized spacial score (nSPS) is 11.0. The Hall–Kier alpha value is -2.40. The SMILES string of the molecule is COc1ccc(Cl)cc1NC(=O)NCOc1ccc(C)cc1C(C)(C)C. The zero-order valence-corrected chi connectivity index (χ0v) is 16.5. The lowest BCUT2D eigenvalue weighted by Gasteiger charge is -2.23. The summed E-state index contributed by atoms with van der Waals surface area (Å²) in [5.74, 6) is 1.28. The molecule has 6 heteroatoms. The summed E-state index contributed by atoms with van der Waals surface area (Å²) in [6.07, 6.45) is 0. The van der Waals surface area contributed by atoms with Crippen LogP contribution in [0.2, 0.25) is 5.02 Å². The van der Waals surface area contributed by atoms with Crippen LogP contribution >= 0.6 is 11.6 Å². The van der Waals surface area contributed by atoms with Crippen molar-refractivity contribution in [1.29, 1.82) is 0 Å². The minimum atomic E-state index is -0.407. The summed E-state index contributed by atoms with van der Waals surface area (Å²) >= 11 is 5.96. The fourth-order valence-corrected chi connectivity index (χ4v) is 2.65. The first-order valence-corrected chi connectivity index (χ1v) is 8.71. The van der Waals surface area contributed by atoms with Gasteiger partial charge in [-0.1, -0.05) is 50.1 Å². The van der Waals surface area contributed by atoms with E-state index in [4.69, 9.17) is 21.1 Å². The summed E-state index contributed by atoms with van der Waals surface area (Å²) in [5.41, 5.74) is 2.69. The highest BCUT2D eigenvalue weighted by Gasteiger charge is 2.19. The molecule has 2 N–H and O–H groups in total. The standard InChI is InChI=1S/C20H25ClN2O3/c1-13-6-8-17(15(10-13)20(2,3)4)26-12-22-19(24)23-16-11-14(21)7-9-18(16)25-5/h6-11H,12H2,1-5H3,(H2,22,23,24). The maximum Gasteiger partial charge on any atom is 0.321 e. The number of nitrogens with one attached hydrogen (secondary N) is 2. The van der Waals surface area contributed by atoms with Gasteiger partial charge in [0.25, 0.3) is 0 Å². The number of amides is 2. The van der Waals surface area contributed by atoms with E-state index < -0.39 is 6.03 Å². The van der Waals surface area contributed by atoms with Crippen molar-refractivity contribution < 1.29 is 14.3 Å². The number of halogens is 1. The van der Waals surface area contributed by atoms with Crippen molar-refractivity contribution >= 4 is 23.3 Å². The fraction of sp³-hybridized carbons (Fsp3) is 0.350. The number of anilines is 1. The Morgan fingerprint density at radius 3 is 2.46 bits per heavy atom. The van der Waals surface area contributed by atoms with Gasteiger partial charge in [0.2, 0.25) is 0 Å². The van der Waals surface area contributed by atoms with E-state index in [0.29, 0.717) is 16.5 Å². The van der Waals surface area contributed by atoms with Crippen LogP contribution in [0.4, 0.5) is 10.5 Å². The summed E-state index contributed by atoms with van der Waals surface area (Å²) in [4.78, 5) is 12.1. The molecule has 2 aromatic carbocycles. The van der Waals surface area contributed by atoms with E-state index in [1.54, 1.807) is 18.2 Å². The molecule has 2 amide bonds. The molecule has 0 saturated heterocycles. The van der Waals surface area contributed by atoms with Crippen molar-refractivity contribution in [3.8, 4) is 11.5 Å². The van der Waals surface area contributed by atoms with Gasteiger partial charge in [-0.25, -0.2) is 4.79 Å². The second-order valence-electron chi connectivity index (χ2n) is 7.01. The minimum absolute atomic E-state index is 0.0425. The Bertz CT molecular complexity index is 785. The van der Waals surface area contributed by atoms with Crippen molar-refractivity contribution in [2.24, 2.45) is 0 Å². The van der Waals surface area contributed by atoms with Gasteiger partial charge < -0.3 is 20.1 Å². The summed E-state index contributed by atoms with van der Waals surface area (Å²) in [6, 6.07) is 10.6. The minimum Gasteiger partial charge on any atom is -0.495 e. The Labute approximate surface area is 159 Å². The number of hydrogen-bond acceptors (Lipinski definition) is 3. The molecule has 0 spiro atoms. The first-order valence-electron chi connectivity index (χ1n) is 8.33. The number of rotatable bonds is 5. The number of aryl methyl sites for hydroxylation is 1. The van der Waals surface area contributed by atoms with Crippen molar-refractivity contribution in [2.75, 3.05) is 19.2 Å². The van der Waals surface area contributed by atoms with Gasteiger partial charge in [0.05, 0.1) is 12.8 Å². The van der Waals surface area contributed by atoms with E-state index in [1.807, 2.05) is 19.1 Å². The third-order valence-electron chi connectivity index (χ3n) is 3.81. The third kappa shape index (κ3) is 5.30. The Balaban J connectivity index is 1.98. The summed E-state index contributed by atoms with van der Waals surface area (Å²) in [7, 11) is 1.53. The molecule has 26 heavy (non-hydrogen) atoms. The molecule has 0 saturated carbocycles. The zero-order chi connectivity index (χ0) is 19.3. The molecule has 0 aliphatic rings. The number of ether oxygens (including phenoxy) is 2. The summed E-state index contributed by atoms with van der Waals surface area (Å²) in [6.45, 7) is 8.46. The summed E-state index contributed by atoms with van der Waals surface area (Å²) < 4.78 is 11.0. The second-order valence-corrected chi connectivity index (χ2v) is 7.45. The van der Waals surface area contributed by atoms with Gasteiger partial charge in [-0.05, 0) is 42.2 Å². The number of benzene rings is 2. The van der Waals surface area contributed by atoms with Crippen LogP contribution in [0.25, 0.3) is 0 Å². The molecule has 0 aliphatic carbocycles. The maximum atomic E-state index is 12.1. The average molecular weight is 377 g/mol. The van der Waals surface area contributed by atoms with Gasteiger partial charge in [-0.3, -0.25) is 0 Å². The van der Waals surface area contributed by atoms with E-state index in [2.05, 4.69) is 37.5 Å². The molecule has 0 aromatic heterocycles. The van der Waals surface area contributed by atoms with Crippen LogP contribution in [0.15, 0.2) is 36.4 Å². The predicted octanol–water partition coefficient (Wildman–Crippen LogP) is 5.11. The monoisotopic (exact) mass is 376 g/mol. The second kappa shape index (κ2) is 8.32. The van der Waals surface area contributed by atoms with Gasteiger partial charge in [0, 0.05) is 5.02 Å². The lowest BCUT2D eigenvalue weighted by atomic mass is 9.85. The van der Waals surface area contributed by atoms with Crippen LogP contribution in [-0.2, 0) is 5.41 Å². The van der Waals surface area contributed by atoms with E-state index >= 15 is 0 Å². The lowest BCUT2D eigenvalue weighted by Crippen LogP contribution is -2.32. The van der Waals surface area contributed by atoms with Gasteiger partial charge >= 0.3 is 6.03 Å². The topological polar surface area (TPSA) is 59.6 Å². The van der Waals surface area contributed by atoms with E-state index in [9.17, 15) is 4.79 Å². The molecule has 0 unspecified atom stereocenters. The number of urea groups is 1. The summed E-state index contributed by atoms with van der Waals surface area (Å²) in [5, 5.41) is 5.88. The predicted molar refractivity (Wildman–Crippen MR) is 106 cm³/mol. The molecule has 0 radical (unpaired) electrons. The molecule has 0 aliphatic heterocycles. The quantitative estimate of drug-likeness (QED) is 0.712. The Morgan fingerprint density at radius 1 is 1.12 bits per heavy atom. The van der Waals surface area contributed by atoms with Crippen molar-refractivity contribution in [1.82, 2.24) is 5.32 Å². The molecule has 140 valence electrons. The van der Waals surface area contributed by atoms with Crippen LogP contribution in [0.1, 0.15) is 31.9 Å². The average Bonchev–Trinajstić information content (AvgIpc) is 2.55. The van der Waals surface area contributed by atoms with Crippen molar-refractivity contribution in [3.63, 3.8) is 0 Å². The molecule has 0 fully saturated rings. The smallest absolute Gasteiger partial charge is 0.321 e. The molecular weight excluding hydrogens is 352 g/mol. The molecule has 2 rings (SSSR count). The number of methoxy groups -OCH3 is 1. The fourth-order valence-electron chi connectivity index (χ4n) is 2.48. The van der Waals surface area contributed by atoms with E-state index in [1.165, 1.54) is 12.7 Å². The van der Waals surface area contributed by atoms with Crippen LogP contribution in [0.5, 0.6) is 11.5 Å². The molecule has 2 aromatic rings. The molecule has 0 bridgehead atoms. The molecule has 5 nitrogen and oxygen atoms in total. The van der Waals surface area contributed by atoms with Crippen LogP contribution < -0.4 is 20.1 Å². The first-order chi connectivity index (χ1) is 12.2. The molecule has 0 heterocycles. The first kappa shape index (κ1) is 19.9. The molecular formula is C20H25ClN2O3. The molecule has 0 atom stereocenters. The van der Waals surface area contributed by atoms with Gasteiger partial charge in [0.15, 0.2) is 6.73 Å². The number of hydrogen-bond donors (Lipinski definition) is 2. The van der Waals surface area contributed by atoms with E-state index in [-0.39, 0.29) is 12.1 Å². The van der Waals surface area contributed by atoms with Gasteiger partial charge in [-0.15, -0.1) is 0 Å². The number of carbonyl (C=O) groups is 1. The highest BCUT2D eigenvalue weighted by molar-refractivity contribution is 6.31. The van der Waals surface area contributed by atoms with Crippen molar-refractivity contribution in [3.05, 3.63) is 52.5 Å². The van der Waals surface area contributed by atoms with Gasteiger partial charge in [-0.2, -0.15) is 0 Å². The Morgan fingerprint density at radius 2 is 1.81 bits per heavy atom. The maximum absolute atomic E-state index is 12.1. The van der Waals surface area contributed by atoms with E-state index in [0.717, 1.165) is 11.3 Å².